The van der Waals surface area contributed by atoms with Crippen molar-refractivity contribution in [3.63, 3.8) is 0 Å². The Balaban J connectivity index is 2.31. The standard InChI is InChI=1S/C17H19NO4S/c1-3-7-14-8-4-5-11-17(14)22-23(20,21)16-10-6-9-15(12-16)18-13(2)19/h4-6,8-12H,3,7H2,1-2H3,(H,18,19). The zero-order valence-corrected chi connectivity index (χ0v) is 13.9. The lowest BCUT2D eigenvalue weighted by Gasteiger charge is -2.11. The molecule has 0 saturated carbocycles. The normalized spacial score (nSPS) is 11.0. The van der Waals surface area contributed by atoms with Crippen LogP contribution >= 0.6 is 0 Å². The van der Waals surface area contributed by atoms with Gasteiger partial charge < -0.3 is 9.50 Å². The fourth-order valence-corrected chi connectivity index (χ4v) is 3.17. The Labute approximate surface area is 136 Å². The largest absolute Gasteiger partial charge is 0.379 e. The second-order valence-corrected chi connectivity index (χ2v) is 6.65. The van der Waals surface area contributed by atoms with Gasteiger partial charge in [-0.05, 0) is 36.2 Å². The summed E-state index contributed by atoms with van der Waals surface area (Å²) < 4.78 is 30.2. The molecule has 0 heterocycles. The molecule has 0 bridgehead atoms. The van der Waals surface area contributed by atoms with E-state index in [0.29, 0.717) is 11.4 Å². The number of rotatable bonds is 6. The molecule has 1 amide bonds. The van der Waals surface area contributed by atoms with E-state index in [-0.39, 0.29) is 10.8 Å². The predicted octanol–water partition coefficient (Wildman–Crippen LogP) is 3.37. The molecule has 0 atom stereocenters. The second-order valence-electron chi connectivity index (χ2n) is 5.10. The van der Waals surface area contributed by atoms with Crippen molar-refractivity contribution >= 4 is 21.7 Å². The van der Waals surface area contributed by atoms with Crippen molar-refractivity contribution in [1.29, 1.82) is 0 Å². The molecule has 2 aromatic carbocycles. The van der Waals surface area contributed by atoms with Gasteiger partial charge in [0, 0.05) is 12.6 Å². The van der Waals surface area contributed by atoms with Gasteiger partial charge in [-0.1, -0.05) is 37.6 Å². The van der Waals surface area contributed by atoms with Gasteiger partial charge in [0.15, 0.2) is 0 Å². The highest BCUT2D eigenvalue weighted by Crippen LogP contribution is 2.25. The van der Waals surface area contributed by atoms with Crippen LogP contribution in [0, 0.1) is 0 Å². The van der Waals surface area contributed by atoms with Crippen LogP contribution in [0.5, 0.6) is 5.75 Å². The minimum atomic E-state index is -3.96. The summed E-state index contributed by atoms with van der Waals surface area (Å²) in [6.45, 7) is 3.38. The van der Waals surface area contributed by atoms with Crippen molar-refractivity contribution in [2.24, 2.45) is 0 Å². The number of hydrogen-bond acceptors (Lipinski definition) is 4. The number of hydrogen-bond donors (Lipinski definition) is 1. The number of para-hydroxylation sites is 1. The van der Waals surface area contributed by atoms with Gasteiger partial charge in [-0.15, -0.1) is 0 Å². The summed E-state index contributed by atoms with van der Waals surface area (Å²) in [4.78, 5) is 11.1. The summed E-state index contributed by atoms with van der Waals surface area (Å²) in [7, 11) is -3.96. The minimum Gasteiger partial charge on any atom is -0.379 e. The summed E-state index contributed by atoms with van der Waals surface area (Å²) >= 11 is 0. The zero-order valence-electron chi connectivity index (χ0n) is 13.1. The summed E-state index contributed by atoms with van der Waals surface area (Å²) in [6, 6.07) is 13.1. The van der Waals surface area contributed by atoms with Crippen molar-refractivity contribution in [3.8, 4) is 5.75 Å². The van der Waals surface area contributed by atoms with E-state index in [1.807, 2.05) is 19.1 Å². The molecule has 2 aromatic rings. The molecule has 0 unspecified atom stereocenters. The summed E-state index contributed by atoms with van der Waals surface area (Å²) in [5.74, 6) is 0.0630. The quantitative estimate of drug-likeness (QED) is 0.823. The topological polar surface area (TPSA) is 72.5 Å². The van der Waals surface area contributed by atoms with Crippen LogP contribution in [-0.4, -0.2) is 14.3 Å². The van der Waals surface area contributed by atoms with E-state index in [9.17, 15) is 13.2 Å². The molecule has 0 spiro atoms. The average Bonchev–Trinajstić information content (AvgIpc) is 2.49. The summed E-state index contributed by atoms with van der Waals surface area (Å²) in [5.41, 5.74) is 1.25. The molecule has 0 saturated heterocycles. The third-order valence-electron chi connectivity index (χ3n) is 3.13. The molecule has 0 aliphatic rings. The van der Waals surface area contributed by atoms with Gasteiger partial charge in [-0.3, -0.25) is 4.79 Å². The van der Waals surface area contributed by atoms with E-state index in [0.717, 1.165) is 18.4 Å². The average molecular weight is 333 g/mol. The van der Waals surface area contributed by atoms with E-state index < -0.39 is 10.1 Å². The third kappa shape index (κ3) is 4.56. The Kier molecular flexibility index (Phi) is 5.39. The summed E-state index contributed by atoms with van der Waals surface area (Å²) in [5, 5.41) is 2.55. The maximum Gasteiger partial charge on any atom is 0.339 e. The van der Waals surface area contributed by atoms with Gasteiger partial charge in [-0.2, -0.15) is 8.42 Å². The molecule has 5 nitrogen and oxygen atoms in total. The first-order valence-corrected chi connectivity index (χ1v) is 8.73. The molecule has 1 N–H and O–H groups in total. The second kappa shape index (κ2) is 7.28. The predicted molar refractivity (Wildman–Crippen MR) is 89.0 cm³/mol. The number of carbonyl (C=O) groups is 1. The SMILES string of the molecule is CCCc1ccccc1OS(=O)(=O)c1cccc(NC(C)=O)c1. The highest BCUT2D eigenvalue weighted by atomic mass is 32.2. The van der Waals surface area contributed by atoms with Gasteiger partial charge in [-0.25, -0.2) is 0 Å². The van der Waals surface area contributed by atoms with Crippen molar-refractivity contribution in [2.75, 3.05) is 5.32 Å². The molecule has 0 radical (unpaired) electrons. The van der Waals surface area contributed by atoms with E-state index in [4.69, 9.17) is 4.18 Å². The molecule has 0 fully saturated rings. The maximum atomic E-state index is 12.5. The third-order valence-corrected chi connectivity index (χ3v) is 4.36. The zero-order chi connectivity index (χ0) is 16.9. The van der Waals surface area contributed by atoms with Crippen LogP contribution < -0.4 is 9.50 Å². The van der Waals surface area contributed by atoms with Crippen LogP contribution in [-0.2, 0) is 21.3 Å². The van der Waals surface area contributed by atoms with E-state index in [2.05, 4.69) is 5.32 Å². The molecular weight excluding hydrogens is 314 g/mol. The van der Waals surface area contributed by atoms with Crippen LogP contribution in [0.2, 0.25) is 0 Å². The van der Waals surface area contributed by atoms with Gasteiger partial charge in [0.1, 0.15) is 10.6 Å². The Morgan fingerprint density at radius 3 is 2.57 bits per heavy atom. The van der Waals surface area contributed by atoms with Crippen LogP contribution in [0.4, 0.5) is 5.69 Å². The highest BCUT2D eigenvalue weighted by Gasteiger charge is 2.18. The van der Waals surface area contributed by atoms with Crippen molar-refractivity contribution in [1.82, 2.24) is 0 Å². The number of anilines is 1. The Hall–Kier alpha value is -2.34. The molecule has 0 aliphatic carbocycles. The van der Waals surface area contributed by atoms with E-state index in [1.54, 1.807) is 24.3 Å². The van der Waals surface area contributed by atoms with E-state index >= 15 is 0 Å². The lowest BCUT2D eigenvalue weighted by molar-refractivity contribution is -0.114. The molecule has 6 heteroatoms. The number of nitrogens with one attached hydrogen (secondary N) is 1. The van der Waals surface area contributed by atoms with Crippen LogP contribution in [0.1, 0.15) is 25.8 Å². The van der Waals surface area contributed by atoms with Crippen LogP contribution in [0.25, 0.3) is 0 Å². The Morgan fingerprint density at radius 1 is 1.13 bits per heavy atom. The van der Waals surface area contributed by atoms with Crippen LogP contribution in [0.15, 0.2) is 53.4 Å². The number of aryl methyl sites for hydroxylation is 1. The molecule has 2 rings (SSSR count). The molecule has 122 valence electrons. The fraction of sp³-hybridized carbons (Fsp3) is 0.235. The minimum absolute atomic E-state index is 0.00458. The molecule has 0 aromatic heterocycles. The molecule has 0 aliphatic heterocycles. The smallest absolute Gasteiger partial charge is 0.339 e. The fourth-order valence-electron chi connectivity index (χ4n) is 2.16. The number of carbonyl (C=O) groups excluding carboxylic acids is 1. The lowest BCUT2D eigenvalue weighted by atomic mass is 10.1. The van der Waals surface area contributed by atoms with Gasteiger partial charge in [0.25, 0.3) is 0 Å². The first kappa shape index (κ1) is 17.0. The van der Waals surface area contributed by atoms with Crippen LogP contribution in [0.3, 0.4) is 0 Å². The van der Waals surface area contributed by atoms with Crippen molar-refractivity contribution in [3.05, 3.63) is 54.1 Å². The number of benzene rings is 2. The van der Waals surface area contributed by atoms with Crippen molar-refractivity contribution in [2.45, 2.75) is 31.6 Å². The first-order valence-electron chi connectivity index (χ1n) is 7.32. The van der Waals surface area contributed by atoms with Gasteiger partial charge in [0.05, 0.1) is 0 Å². The maximum absolute atomic E-state index is 12.5. The molecule has 23 heavy (non-hydrogen) atoms. The summed E-state index contributed by atoms with van der Waals surface area (Å²) in [6.07, 6.45) is 1.62. The monoisotopic (exact) mass is 333 g/mol. The van der Waals surface area contributed by atoms with Gasteiger partial charge in [0.2, 0.25) is 5.91 Å². The lowest BCUT2D eigenvalue weighted by Crippen LogP contribution is -2.12. The highest BCUT2D eigenvalue weighted by molar-refractivity contribution is 7.87. The number of amides is 1. The van der Waals surface area contributed by atoms with Crippen molar-refractivity contribution < 1.29 is 17.4 Å². The molecular formula is C17H19NO4S. The van der Waals surface area contributed by atoms with E-state index in [1.165, 1.54) is 19.1 Å². The Morgan fingerprint density at radius 2 is 1.87 bits per heavy atom. The Bertz CT molecular complexity index is 800. The first-order chi connectivity index (χ1) is 10.9. The van der Waals surface area contributed by atoms with Gasteiger partial charge >= 0.3 is 10.1 Å².